The van der Waals surface area contributed by atoms with Gasteiger partial charge in [-0.25, -0.2) is 0 Å². The van der Waals surface area contributed by atoms with Crippen molar-refractivity contribution in [1.29, 1.82) is 0 Å². The van der Waals surface area contributed by atoms with E-state index in [4.69, 9.17) is 33.4 Å². The van der Waals surface area contributed by atoms with Gasteiger partial charge in [-0.05, 0) is 29.8 Å². The van der Waals surface area contributed by atoms with Crippen LogP contribution in [0.15, 0.2) is 40.8 Å². The molecule has 0 aliphatic rings. The summed E-state index contributed by atoms with van der Waals surface area (Å²) in [6.07, 6.45) is 0. The first kappa shape index (κ1) is 12.1. The molecule has 3 aromatic rings. The number of nitrogens with one attached hydrogen (secondary N) is 1. The summed E-state index contributed by atoms with van der Waals surface area (Å²) in [4.78, 5) is 0. The molecule has 0 fully saturated rings. The molecule has 0 saturated carbocycles. The van der Waals surface area contributed by atoms with Gasteiger partial charge in [0.05, 0.1) is 5.56 Å². The zero-order chi connectivity index (χ0) is 13.4. The number of aromatic amines is 1. The van der Waals surface area contributed by atoms with Crippen LogP contribution < -0.4 is 5.73 Å². The molecular weight excluding hydrogens is 285 g/mol. The predicted molar refractivity (Wildman–Crippen MR) is 76.2 cm³/mol. The Morgan fingerprint density at radius 1 is 1.11 bits per heavy atom. The fraction of sp³-hybridized carbons (Fsp3) is 0. The summed E-state index contributed by atoms with van der Waals surface area (Å²) < 4.78 is 5.38. The van der Waals surface area contributed by atoms with Gasteiger partial charge >= 0.3 is 0 Å². The van der Waals surface area contributed by atoms with Crippen LogP contribution in [-0.4, -0.2) is 10.2 Å². The van der Waals surface area contributed by atoms with E-state index in [1.165, 1.54) is 0 Å². The maximum Gasteiger partial charge on any atom is 0.194 e. The molecule has 0 bridgehead atoms. The Balaban J connectivity index is 2.22. The molecule has 3 rings (SSSR count). The van der Waals surface area contributed by atoms with Gasteiger partial charge in [-0.3, -0.25) is 5.10 Å². The number of anilines is 1. The zero-order valence-electron chi connectivity index (χ0n) is 9.65. The molecule has 0 saturated heterocycles. The van der Waals surface area contributed by atoms with Crippen molar-refractivity contribution < 1.29 is 4.42 Å². The zero-order valence-corrected chi connectivity index (χ0v) is 11.2. The van der Waals surface area contributed by atoms with Crippen LogP contribution in [0, 0.1) is 0 Å². The van der Waals surface area contributed by atoms with E-state index in [9.17, 15) is 0 Å². The van der Waals surface area contributed by atoms with Gasteiger partial charge in [0, 0.05) is 10.6 Å². The average molecular weight is 294 g/mol. The molecule has 6 heteroatoms. The number of nitrogens with two attached hydrogens (primary N) is 1. The third-order valence-electron chi connectivity index (χ3n) is 2.76. The van der Waals surface area contributed by atoms with Gasteiger partial charge in [0.15, 0.2) is 16.8 Å². The van der Waals surface area contributed by atoms with Crippen LogP contribution in [0.5, 0.6) is 0 Å². The minimum absolute atomic E-state index is 0.299. The number of hydrogen-bond donors (Lipinski definition) is 2. The Hall–Kier alpha value is -1.91. The first-order chi connectivity index (χ1) is 9.16. The van der Waals surface area contributed by atoms with Gasteiger partial charge in [-0.15, -0.1) is 0 Å². The van der Waals surface area contributed by atoms with E-state index in [1.807, 2.05) is 18.2 Å². The highest BCUT2D eigenvalue weighted by molar-refractivity contribution is 6.33. The van der Waals surface area contributed by atoms with Gasteiger partial charge in [-0.2, -0.15) is 5.10 Å². The third-order valence-corrected chi connectivity index (χ3v) is 3.29. The summed E-state index contributed by atoms with van der Waals surface area (Å²) in [6.45, 7) is 0. The van der Waals surface area contributed by atoms with E-state index in [0.717, 1.165) is 5.56 Å². The van der Waals surface area contributed by atoms with Gasteiger partial charge in [0.2, 0.25) is 0 Å². The van der Waals surface area contributed by atoms with Crippen LogP contribution in [0.1, 0.15) is 0 Å². The van der Waals surface area contributed by atoms with E-state index in [1.54, 1.807) is 18.2 Å². The molecule has 0 atom stereocenters. The minimum Gasteiger partial charge on any atom is -0.443 e. The van der Waals surface area contributed by atoms with E-state index >= 15 is 0 Å². The number of hydrogen-bond acceptors (Lipinski definition) is 3. The second-order valence-electron chi connectivity index (χ2n) is 3.94. The van der Waals surface area contributed by atoms with Gasteiger partial charge in [0.1, 0.15) is 5.69 Å². The van der Waals surface area contributed by atoms with Crippen molar-refractivity contribution >= 4 is 29.0 Å². The molecule has 0 unspecified atom stereocenters. The summed E-state index contributed by atoms with van der Waals surface area (Å²) in [5, 5.41) is 7.75. The monoisotopic (exact) mass is 293 g/mol. The Morgan fingerprint density at radius 2 is 1.89 bits per heavy atom. The Labute approximate surface area is 119 Å². The number of nitrogens with zero attached hydrogens (tertiary/aromatic N) is 1. The van der Waals surface area contributed by atoms with Crippen LogP contribution in [0.2, 0.25) is 10.2 Å². The maximum absolute atomic E-state index is 6.20. The molecule has 1 aromatic carbocycles. The van der Waals surface area contributed by atoms with Crippen LogP contribution in [0.3, 0.4) is 0 Å². The maximum atomic E-state index is 6.20. The van der Waals surface area contributed by atoms with Crippen molar-refractivity contribution in [2.75, 3.05) is 5.73 Å². The second-order valence-corrected chi connectivity index (χ2v) is 4.72. The largest absolute Gasteiger partial charge is 0.443 e. The molecule has 0 aliphatic heterocycles. The SMILES string of the molecule is Nc1n[nH]c(-c2ccc(Cl)o2)c1-c1ccccc1Cl. The lowest BCUT2D eigenvalue weighted by Gasteiger charge is -2.04. The molecule has 0 radical (unpaired) electrons. The highest BCUT2D eigenvalue weighted by Crippen LogP contribution is 2.39. The lowest BCUT2D eigenvalue weighted by Crippen LogP contribution is -1.89. The summed E-state index contributed by atoms with van der Waals surface area (Å²) in [5.41, 5.74) is 8.06. The number of benzene rings is 1. The first-order valence-electron chi connectivity index (χ1n) is 5.51. The lowest BCUT2D eigenvalue weighted by molar-refractivity contribution is 0.582. The quantitative estimate of drug-likeness (QED) is 0.743. The van der Waals surface area contributed by atoms with Crippen LogP contribution in [-0.2, 0) is 0 Å². The molecule has 2 aromatic heterocycles. The summed E-state index contributed by atoms with van der Waals surface area (Å²) in [6, 6.07) is 10.8. The highest BCUT2D eigenvalue weighted by Gasteiger charge is 2.19. The first-order valence-corrected chi connectivity index (χ1v) is 6.27. The van der Waals surface area contributed by atoms with E-state index in [2.05, 4.69) is 10.2 Å². The lowest BCUT2D eigenvalue weighted by atomic mass is 10.0. The molecule has 3 N–H and O–H groups in total. The Bertz CT molecular complexity index is 733. The third kappa shape index (κ3) is 2.09. The molecule has 96 valence electrons. The van der Waals surface area contributed by atoms with Gasteiger partial charge < -0.3 is 10.2 Å². The number of aromatic nitrogens is 2. The van der Waals surface area contributed by atoms with Gasteiger partial charge in [0.25, 0.3) is 0 Å². The highest BCUT2D eigenvalue weighted by atomic mass is 35.5. The summed E-state index contributed by atoms with van der Waals surface area (Å²) in [5.74, 6) is 0.916. The van der Waals surface area contributed by atoms with Crippen LogP contribution >= 0.6 is 23.2 Å². The molecule has 4 nitrogen and oxygen atoms in total. The Morgan fingerprint density at radius 3 is 2.58 bits per heavy atom. The van der Waals surface area contributed by atoms with Crippen molar-refractivity contribution in [3.05, 3.63) is 46.6 Å². The number of furan rings is 1. The fourth-order valence-corrected chi connectivity index (χ4v) is 2.30. The number of rotatable bonds is 2. The normalized spacial score (nSPS) is 10.8. The number of nitrogen functional groups attached to an aromatic ring is 1. The molecule has 0 amide bonds. The molecular formula is C13H9Cl2N3O. The molecule has 0 aliphatic carbocycles. The van der Waals surface area contributed by atoms with Crippen molar-refractivity contribution in [2.24, 2.45) is 0 Å². The fourth-order valence-electron chi connectivity index (χ4n) is 1.92. The molecule has 2 heterocycles. The van der Waals surface area contributed by atoms with Crippen molar-refractivity contribution in [2.45, 2.75) is 0 Å². The average Bonchev–Trinajstić information content (AvgIpc) is 2.96. The van der Waals surface area contributed by atoms with Crippen LogP contribution in [0.25, 0.3) is 22.6 Å². The Kier molecular flexibility index (Phi) is 2.97. The number of halogens is 2. The smallest absolute Gasteiger partial charge is 0.194 e. The van der Waals surface area contributed by atoms with E-state index < -0.39 is 0 Å². The molecule has 19 heavy (non-hydrogen) atoms. The molecule has 0 spiro atoms. The second kappa shape index (κ2) is 4.64. The standard InChI is InChI=1S/C13H9Cl2N3O/c14-8-4-2-1-3-7(8)11-12(17-18-13(11)16)9-5-6-10(15)19-9/h1-6H,(H3,16,17,18). The van der Waals surface area contributed by atoms with E-state index in [-0.39, 0.29) is 0 Å². The van der Waals surface area contributed by atoms with Crippen molar-refractivity contribution in [3.8, 4) is 22.6 Å². The summed E-state index contributed by atoms with van der Waals surface area (Å²) in [7, 11) is 0. The van der Waals surface area contributed by atoms with E-state index in [0.29, 0.717) is 33.1 Å². The minimum atomic E-state index is 0.299. The summed E-state index contributed by atoms with van der Waals surface area (Å²) >= 11 is 12.0. The number of H-pyrrole nitrogens is 1. The van der Waals surface area contributed by atoms with Crippen LogP contribution in [0.4, 0.5) is 5.82 Å². The van der Waals surface area contributed by atoms with Gasteiger partial charge in [-0.1, -0.05) is 29.8 Å². The predicted octanol–water partition coefficient (Wildman–Crippen LogP) is 4.23. The van der Waals surface area contributed by atoms with Crippen molar-refractivity contribution in [3.63, 3.8) is 0 Å². The topological polar surface area (TPSA) is 67.8 Å². The van der Waals surface area contributed by atoms with Crippen molar-refractivity contribution in [1.82, 2.24) is 10.2 Å².